The predicted molar refractivity (Wildman–Crippen MR) is 92.1 cm³/mol. The average molecular weight is 360 g/mol. The number of allylic oxidation sites excluding steroid dienone is 1. The van der Waals surface area contributed by atoms with Gasteiger partial charge in [0.05, 0.1) is 5.56 Å². The van der Waals surface area contributed by atoms with E-state index in [0.29, 0.717) is 17.9 Å². The van der Waals surface area contributed by atoms with Gasteiger partial charge in [-0.2, -0.15) is 0 Å². The second kappa shape index (κ2) is 7.80. The lowest BCUT2D eigenvalue weighted by atomic mass is 10.1. The Hall–Kier alpha value is -2.07. The van der Waals surface area contributed by atoms with Crippen molar-refractivity contribution in [3.8, 4) is 5.75 Å². The molecule has 0 saturated heterocycles. The van der Waals surface area contributed by atoms with Crippen molar-refractivity contribution in [3.63, 3.8) is 0 Å². The minimum absolute atomic E-state index is 0.0851. The van der Waals surface area contributed by atoms with Gasteiger partial charge in [-0.25, -0.2) is 0 Å². The fourth-order valence-electron chi connectivity index (χ4n) is 1.86. The second-order valence-corrected chi connectivity index (χ2v) is 5.97. The van der Waals surface area contributed by atoms with E-state index >= 15 is 0 Å². The third-order valence-electron chi connectivity index (χ3n) is 2.97. The summed E-state index contributed by atoms with van der Waals surface area (Å²) in [6.07, 6.45) is 3.27. The lowest BCUT2D eigenvalue weighted by Gasteiger charge is -2.11. The molecule has 0 amide bonds. The number of carbonyl (C=O) groups excluding carboxylic acids is 1. The Morgan fingerprint density at radius 2 is 1.91 bits per heavy atom. The molecular weight excluding hydrogens is 342 g/mol. The summed E-state index contributed by atoms with van der Waals surface area (Å²) in [5.74, 6) is 0.499. The normalized spacial score (nSPS) is 10.7. The molecule has 2 aromatic rings. The van der Waals surface area contributed by atoms with Crippen LogP contribution in [-0.2, 0) is 6.61 Å². The fraction of sp³-hybridized carbons (Fsp3) is 0.167. The van der Waals surface area contributed by atoms with Gasteiger partial charge in [0.15, 0.2) is 5.78 Å². The maximum atomic E-state index is 12.3. The number of hydrogen-bond acceptors (Lipinski definition) is 3. The van der Waals surface area contributed by atoms with Crippen molar-refractivity contribution >= 4 is 21.7 Å². The van der Waals surface area contributed by atoms with E-state index in [1.165, 1.54) is 6.08 Å². The van der Waals surface area contributed by atoms with Gasteiger partial charge in [-0.3, -0.25) is 4.79 Å². The zero-order valence-corrected chi connectivity index (χ0v) is 14.2. The van der Waals surface area contributed by atoms with E-state index in [-0.39, 0.29) is 5.78 Å². The molecule has 0 bridgehead atoms. The first-order valence-electron chi connectivity index (χ1n) is 6.91. The van der Waals surface area contributed by atoms with Crippen molar-refractivity contribution in [2.45, 2.75) is 6.61 Å². The number of rotatable bonds is 6. The summed E-state index contributed by atoms with van der Waals surface area (Å²) in [6, 6.07) is 15.3. The zero-order valence-electron chi connectivity index (χ0n) is 12.6. The Balaban J connectivity index is 2.18. The molecule has 0 atom stereocenters. The predicted octanol–water partition coefficient (Wildman–Crippen LogP) is 4.29. The quantitative estimate of drug-likeness (QED) is 0.569. The summed E-state index contributed by atoms with van der Waals surface area (Å²) < 4.78 is 6.67. The van der Waals surface area contributed by atoms with Gasteiger partial charge in [-0.1, -0.05) is 46.3 Å². The SMILES string of the molecule is CN(C)C=CC(=O)c1cc(Br)ccc1OCc1ccccc1. The summed E-state index contributed by atoms with van der Waals surface area (Å²) >= 11 is 3.40. The van der Waals surface area contributed by atoms with Gasteiger partial charge in [-0.15, -0.1) is 0 Å². The van der Waals surface area contributed by atoms with Crippen LogP contribution in [0, 0.1) is 0 Å². The maximum absolute atomic E-state index is 12.3. The first-order chi connectivity index (χ1) is 10.6. The minimum Gasteiger partial charge on any atom is -0.488 e. The van der Waals surface area contributed by atoms with Gasteiger partial charge < -0.3 is 9.64 Å². The molecule has 0 aliphatic rings. The monoisotopic (exact) mass is 359 g/mol. The molecule has 3 nitrogen and oxygen atoms in total. The second-order valence-electron chi connectivity index (χ2n) is 5.06. The number of carbonyl (C=O) groups is 1. The van der Waals surface area contributed by atoms with Gasteiger partial charge in [0.1, 0.15) is 12.4 Å². The van der Waals surface area contributed by atoms with Gasteiger partial charge in [0, 0.05) is 30.8 Å². The molecule has 2 aromatic carbocycles. The van der Waals surface area contributed by atoms with Crippen molar-refractivity contribution in [1.29, 1.82) is 0 Å². The zero-order chi connectivity index (χ0) is 15.9. The molecule has 0 aromatic heterocycles. The van der Waals surface area contributed by atoms with Crippen molar-refractivity contribution < 1.29 is 9.53 Å². The standard InChI is InChI=1S/C18H18BrNO2/c1-20(2)11-10-17(21)16-12-15(19)8-9-18(16)22-13-14-6-4-3-5-7-14/h3-12H,13H2,1-2H3. The highest BCUT2D eigenvalue weighted by Gasteiger charge is 2.11. The molecular formula is C18H18BrNO2. The van der Waals surface area contributed by atoms with Gasteiger partial charge in [0.25, 0.3) is 0 Å². The summed E-state index contributed by atoms with van der Waals surface area (Å²) in [6.45, 7) is 0.431. The number of hydrogen-bond donors (Lipinski definition) is 0. The van der Waals surface area contributed by atoms with Crippen molar-refractivity contribution in [2.24, 2.45) is 0 Å². The highest BCUT2D eigenvalue weighted by molar-refractivity contribution is 9.10. The molecule has 0 aliphatic heterocycles. The number of ketones is 1. The summed E-state index contributed by atoms with van der Waals surface area (Å²) in [7, 11) is 3.75. The Bertz CT molecular complexity index is 666. The van der Waals surface area contributed by atoms with E-state index in [9.17, 15) is 4.79 Å². The molecule has 0 unspecified atom stereocenters. The summed E-state index contributed by atoms with van der Waals surface area (Å²) in [5, 5.41) is 0. The number of nitrogens with zero attached hydrogens (tertiary/aromatic N) is 1. The molecule has 0 aliphatic carbocycles. The smallest absolute Gasteiger partial charge is 0.191 e. The number of benzene rings is 2. The highest BCUT2D eigenvalue weighted by Crippen LogP contribution is 2.25. The van der Waals surface area contributed by atoms with Crippen LogP contribution >= 0.6 is 15.9 Å². The minimum atomic E-state index is -0.0851. The summed E-state index contributed by atoms with van der Waals surface area (Å²) in [4.78, 5) is 14.1. The van der Waals surface area contributed by atoms with Gasteiger partial charge >= 0.3 is 0 Å². The molecule has 4 heteroatoms. The van der Waals surface area contributed by atoms with Crippen LogP contribution in [0.4, 0.5) is 0 Å². The van der Waals surface area contributed by atoms with Crippen LogP contribution in [0.2, 0.25) is 0 Å². The van der Waals surface area contributed by atoms with E-state index in [0.717, 1.165) is 10.0 Å². The Morgan fingerprint density at radius 1 is 1.18 bits per heavy atom. The van der Waals surface area contributed by atoms with Crippen molar-refractivity contribution in [2.75, 3.05) is 14.1 Å². The Morgan fingerprint density at radius 3 is 2.59 bits per heavy atom. The first-order valence-corrected chi connectivity index (χ1v) is 7.71. The van der Waals surface area contributed by atoms with Crippen molar-refractivity contribution in [1.82, 2.24) is 4.90 Å². The largest absolute Gasteiger partial charge is 0.488 e. The molecule has 22 heavy (non-hydrogen) atoms. The van der Waals surface area contributed by atoms with E-state index in [1.807, 2.05) is 61.5 Å². The molecule has 0 heterocycles. The van der Waals surface area contributed by atoms with Crippen LogP contribution in [0.25, 0.3) is 0 Å². The highest BCUT2D eigenvalue weighted by atomic mass is 79.9. The topological polar surface area (TPSA) is 29.5 Å². The van der Waals surface area contributed by atoms with Gasteiger partial charge in [-0.05, 0) is 23.8 Å². The van der Waals surface area contributed by atoms with Crippen LogP contribution in [0.5, 0.6) is 5.75 Å². The molecule has 0 spiro atoms. The average Bonchev–Trinajstić information content (AvgIpc) is 2.52. The fourth-order valence-corrected chi connectivity index (χ4v) is 2.22. The van der Waals surface area contributed by atoms with E-state index in [1.54, 1.807) is 12.3 Å². The van der Waals surface area contributed by atoms with Gasteiger partial charge in [0.2, 0.25) is 0 Å². The van der Waals surface area contributed by atoms with E-state index in [2.05, 4.69) is 15.9 Å². The van der Waals surface area contributed by atoms with E-state index < -0.39 is 0 Å². The van der Waals surface area contributed by atoms with Crippen LogP contribution in [0.15, 0.2) is 65.3 Å². The van der Waals surface area contributed by atoms with Crippen molar-refractivity contribution in [3.05, 3.63) is 76.4 Å². The van der Waals surface area contributed by atoms with Crippen LogP contribution < -0.4 is 4.74 Å². The van der Waals surface area contributed by atoms with E-state index in [4.69, 9.17) is 4.74 Å². The Kier molecular flexibility index (Phi) is 5.78. The lowest BCUT2D eigenvalue weighted by molar-refractivity contribution is 0.104. The molecule has 0 fully saturated rings. The third kappa shape index (κ3) is 4.74. The summed E-state index contributed by atoms with van der Waals surface area (Å²) in [5.41, 5.74) is 1.61. The third-order valence-corrected chi connectivity index (χ3v) is 3.46. The number of halogens is 1. The molecule has 114 valence electrons. The lowest BCUT2D eigenvalue weighted by Crippen LogP contribution is -2.05. The molecule has 2 rings (SSSR count). The molecule has 0 saturated carbocycles. The molecule has 0 radical (unpaired) electrons. The maximum Gasteiger partial charge on any atom is 0.191 e. The van der Waals surface area contributed by atoms with Crippen LogP contribution in [-0.4, -0.2) is 24.8 Å². The Labute approximate surface area is 139 Å². The first kappa shape index (κ1) is 16.3. The molecule has 0 N–H and O–H groups in total. The van der Waals surface area contributed by atoms with Crippen LogP contribution in [0.1, 0.15) is 15.9 Å². The number of ether oxygens (including phenoxy) is 1. The van der Waals surface area contributed by atoms with Crippen LogP contribution in [0.3, 0.4) is 0 Å².